The van der Waals surface area contributed by atoms with Crippen LogP contribution in [0.25, 0.3) is 0 Å². The summed E-state index contributed by atoms with van der Waals surface area (Å²) in [5.41, 5.74) is 2.37. The Morgan fingerprint density at radius 3 is 2.90 bits per heavy atom. The van der Waals surface area contributed by atoms with Gasteiger partial charge in [-0.25, -0.2) is 0 Å². The Kier molecular flexibility index (Phi) is 4.27. The molecule has 1 atom stereocenters. The Morgan fingerprint density at radius 1 is 1.38 bits per heavy atom. The highest BCUT2D eigenvalue weighted by atomic mass is 16.5. The summed E-state index contributed by atoms with van der Waals surface area (Å²) in [4.78, 5) is 12.5. The molecule has 21 heavy (non-hydrogen) atoms. The number of hydrogen-bond donors (Lipinski definition) is 2. The van der Waals surface area contributed by atoms with Crippen molar-refractivity contribution in [3.63, 3.8) is 0 Å². The van der Waals surface area contributed by atoms with Crippen LogP contribution in [0, 0.1) is 11.3 Å². The second-order valence-electron chi connectivity index (χ2n) is 6.26. The fourth-order valence-corrected chi connectivity index (χ4v) is 3.49. The van der Waals surface area contributed by atoms with Gasteiger partial charge in [0, 0.05) is 18.7 Å². The molecule has 2 N–H and O–H groups in total. The van der Waals surface area contributed by atoms with E-state index in [2.05, 4.69) is 16.7 Å². The number of para-hydroxylation sites is 1. The molecule has 0 radical (unpaired) electrons. The first kappa shape index (κ1) is 14.5. The molecule has 1 saturated carbocycles. The predicted octanol–water partition coefficient (Wildman–Crippen LogP) is 2.20. The van der Waals surface area contributed by atoms with Crippen molar-refractivity contribution in [2.45, 2.75) is 25.7 Å². The monoisotopic (exact) mass is 288 g/mol. The number of hydrogen-bond acceptors (Lipinski definition) is 3. The number of carbonyl (C=O) groups is 1. The Bertz CT molecular complexity index is 509. The van der Waals surface area contributed by atoms with E-state index in [4.69, 9.17) is 4.74 Å². The normalized spacial score (nSPS) is 23.0. The van der Waals surface area contributed by atoms with Crippen molar-refractivity contribution in [2.75, 3.05) is 32.1 Å². The number of anilines is 1. The molecule has 2 fully saturated rings. The van der Waals surface area contributed by atoms with Gasteiger partial charge in [-0.2, -0.15) is 0 Å². The minimum absolute atomic E-state index is 0.196. The van der Waals surface area contributed by atoms with Gasteiger partial charge in [0.05, 0.1) is 6.61 Å². The predicted molar refractivity (Wildman–Crippen MR) is 83.3 cm³/mol. The molecule has 114 valence electrons. The lowest BCUT2D eigenvalue weighted by atomic mass is 9.91. The Hall–Kier alpha value is -1.39. The molecule has 1 spiro atoms. The van der Waals surface area contributed by atoms with Crippen LogP contribution in [0.4, 0.5) is 5.69 Å². The van der Waals surface area contributed by atoms with Gasteiger partial charge >= 0.3 is 0 Å². The highest BCUT2D eigenvalue weighted by molar-refractivity contribution is 5.95. The summed E-state index contributed by atoms with van der Waals surface area (Å²) in [6, 6.07) is 8.02. The number of benzene rings is 1. The van der Waals surface area contributed by atoms with E-state index < -0.39 is 0 Å². The first-order chi connectivity index (χ1) is 10.2. The maximum Gasteiger partial charge on any atom is 0.228 e. The molecule has 1 aliphatic heterocycles. The smallest absolute Gasteiger partial charge is 0.228 e. The van der Waals surface area contributed by atoms with Crippen LogP contribution in [0.3, 0.4) is 0 Å². The highest BCUT2D eigenvalue weighted by Crippen LogP contribution is 2.58. The summed E-state index contributed by atoms with van der Waals surface area (Å²) in [5.74, 6) is 0.400. The summed E-state index contributed by atoms with van der Waals surface area (Å²) in [5, 5.41) is 6.51. The van der Waals surface area contributed by atoms with Gasteiger partial charge in [-0.3, -0.25) is 4.79 Å². The molecule has 1 heterocycles. The average molecular weight is 288 g/mol. The number of ether oxygens (including phenoxy) is 1. The van der Waals surface area contributed by atoms with Gasteiger partial charge in [-0.05, 0) is 55.8 Å². The van der Waals surface area contributed by atoms with Crippen LogP contribution in [-0.4, -0.2) is 32.7 Å². The van der Waals surface area contributed by atoms with E-state index in [1.54, 1.807) is 7.11 Å². The summed E-state index contributed by atoms with van der Waals surface area (Å²) in [6.45, 7) is 2.77. The fraction of sp³-hybridized carbons (Fsp3) is 0.588. The first-order valence-corrected chi connectivity index (χ1v) is 7.84. The van der Waals surface area contributed by atoms with E-state index in [-0.39, 0.29) is 17.2 Å². The summed E-state index contributed by atoms with van der Waals surface area (Å²) >= 11 is 0. The number of piperidine rings is 1. The molecule has 1 saturated heterocycles. The lowest BCUT2D eigenvalue weighted by Gasteiger charge is -2.23. The average Bonchev–Trinajstić information content (AvgIpc) is 3.20. The van der Waals surface area contributed by atoms with E-state index >= 15 is 0 Å². The van der Waals surface area contributed by atoms with E-state index in [1.807, 2.05) is 18.2 Å². The molecule has 2 aliphatic rings. The highest BCUT2D eigenvalue weighted by Gasteiger charge is 2.57. The largest absolute Gasteiger partial charge is 0.384 e. The molecule has 1 aliphatic carbocycles. The standard InChI is InChI=1S/C17H24N2O2/c1-21-11-6-13-4-2-3-5-15(13)19-16(20)14-12-17(14)7-9-18-10-8-17/h2-5,14,18H,6-12H2,1H3,(H,19,20). The van der Waals surface area contributed by atoms with Crippen molar-refractivity contribution in [1.29, 1.82) is 0 Å². The minimum Gasteiger partial charge on any atom is -0.384 e. The van der Waals surface area contributed by atoms with E-state index in [9.17, 15) is 4.79 Å². The molecule has 1 amide bonds. The third kappa shape index (κ3) is 3.11. The van der Waals surface area contributed by atoms with Gasteiger partial charge in [0.25, 0.3) is 0 Å². The molecule has 4 heteroatoms. The third-order valence-corrected chi connectivity index (χ3v) is 4.96. The molecule has 0 bridgehead atoms. The first-order valence-electron chi connectivity index (χ1n) is 7.84. The van der Waals surface area contributed by atoms with Gasteiger partial charge in [-0.15, -0.1) is 0 Å². The quantitative estimate of drug-likeness (QED) is 0.873. The molecular formula is C17H24N2O2. The SMILES string of the molecule is COCCc1ccccc1NC(=O)C1CC12CCNCC2. The molecule has 0 aromatic heterocycles. The van der Waals surface area contributed by atoms with Crippen LogP contribution in [-0.2, 0) is 16.0 Å². The third-order valence-electron chi connectivity index (χ3n) is 4.96. The van der Waals surface area contributed by atoms with Crippen molar-refractivity contribution >= 4 is 11.6 Å². The number of rotatable bonds is 5. The van der Waals surface area contributed by atoms with Crippen LogP contribution in [0.15, 0.2) is 24.3 Å². The zero-order valence-electron chi connectivity index (χ0n) is 12.7. The van der Waals surface area contributed by atoms with Crippen LogP contribution < -0.4 is 10.6 Å². The summed E-state index contributed by atoms with van der Waals surface area (Å²) in [7, 11) is 1.70. The second-order valence-corrected chi connectivity index (χ2v) is 6.26. The van der Waals surface area contributed by atoms with Gasteiger partial charge in [0.15, 0.2) is 0 Å². The van der Waals surface area contributed by atoms with Crippen LogP contribution in [0.5, 0.6) is 0 Å². The van der Waals surface area contributed by atoms with Gasteiger partial charge < -0.3 is 15.4 Å². The summed E-state index contributed by atoms with van der Waals surface area (Å²) < 4.78 is 5.14. The fourth-order valence-electron chi connectivity index (χ4n) is 3.49. The Balaban J connectivity index is 1.63. The molecule has 3 rings (SSSR count). The second kappa shape index (κ2) is 6.16. The Labute approximate surface area is 126 Å². The molecular weight excluding hydrogens is 264 g/mol. The van der Waals surface area contributed by atoms with Crippen molar-refractivity contribution in [1.82, 2.24) is 5.32 Å². The number of carbonyl (C=O) groups excluding carboxylic acids is 1. The van der Waals surface area contributed by atoms with Crippen molar-refractivity contribution in [3.05, 3.63) is 29.8 Å². The van der Waals surface area contributed by atoms with Crippen LogP contribution in [0.2, 0.25) is 0 Å². The lowest BCUT2D eigenvalue weighted by Crippen LogP contribution is -2.31. The molecule has 4 nitrogen and oxygen atoms in total. The van der Waals surface area contributed by atoms with Gasteiger partial charge in [0.2, 0.25) is 5.91 Å². The zero-order valence-corrected chi connectivity index (χ0v) is 12.7. The molecule has 1 aromatic carbocycles. The topological polar surface area (TPSA) is 50.4 Å². The van der Waals surface area contributed by atoms with Crippen LogP contribution in [0.1, 0.15) is 24.8 Å². The maximum absolute atomic E-state index is 12.5. The van der Waals surface area contributed by atoms with E-state index in [0.29, 0.717) is 6.61 Å². The molecule has 1 aromatic rings. The molecule has 1 unspecified atom stereocenters. The van der Waals surface area contributed by atoms with E-state index in [0.717, 1.165) is 50.0 Å². The zero-order chi connectivity index (χ0) is 14.7. The Morgan fingerprint density at radius 2 is 2.14 bits per heavy atom. The number of amides is 1. The van der Waals surface area contributed by atoms with Crippen molar-refractivity contribution < 1.29 is 9.53 Å². The van der Waals surface area contributed by atoms with Crippen LogP contribution >= 0.6 is 0 Å². The minimum atomic E-state index is 0.196. The van der Waals surface area contributed by atoms with Gasteiger partial charge in [0.1, 0.15) is 0 Å². The van der Waals surface area contributed by atoms with E-state index in [1.165, 1.54) is 0 Å². The van der Waals surface area contributed by atoms with Crippen molar-refractivity contribution in [2.24, 2.45) is 11.3 Å². The van der Waals surface area contributed by atoms with Crippen molar-refractivity contribution in [3.8, 4) is 0 Å². The maximum atomic E-state index is 12.5. The summed E-state index contributed by atoms with van der Waals surface area (Å²) in [6.07, 6.45) is 4.15. The number of methoxy groups -OCH3 is 1. The number of nitrogens with one attached hydrogen (secondary N) is 2. The van der Waals surface area contributed by atoms with Gasteiger partial charge in [-0.1, -0.05) is 18.2 Å². The lowest BCUT2D eigenvalue weighted by molar-refractivity contribution is -0.118.